The fraction of sp³-hybridized carbons (Fsp3) is 0.133. The van der Waals surface area contributed by atoms with E-state index in [1.54, 1.807) is 36.4 Å². The summed E-state index contributed by atoms with van der Waals surface area (Å²) in [6.07, 6.45) is 0.786. The number of hydrogen-bond acceptors (Lipinski definition) is 3. The molecule has 5 nitrogen and oxygen atoms in total. The van der Waals surface area contributed by atoms with Crippen LogP contribution in [-0.2, 0) is 21.2 Å². The fourth-order valence-corrected chi connectivity index (χ4v) is 3.78. The Labute approximate surface area is 133 Å². The van der Waals surface area contributed by atoms with Crippen molar-refractivity contribution in [1.82, 2.24) is 0 Å². The minimum Gasteiger partial charge on any atom is -0.325 e. The Kier molecular flexibility index (Phi) is 3.80. The molecule has 3 rings (SSSR count). The summed E-state index contributed by atoms with van der Waals surface area (Å²) in [6.45, 7) is 0. The van der Waals surface area contributed by atoms with Crippen molar-refractivity contribution in [1.29, 1.82) is 0 Å². The van der Waals surface area contributed by atoms with Crippen LogP contribution in [-0.4, -0.2) is 14.3 Å². The number of anilines is 2. The first-order valence-electron chi connectivity index (χ1n) is 6.66. The van der Waals surface area contributed by atoms with Gasteiger partial charge in [-0.15, -0.1) is 0 Å². The Balaban J connectivity index is 1.98. The van der Waals surface area contributed by atoms with Gasteiger partial charge in [-0.1, -0.05) is 29.8 Å². The normalized spacial score (nSPS) is 14.1. The van der Waals surface area contributed by atoms with E-state index in [0.717, 1.165) is 5.56 Å². The van der Waals surface area contributed by atoms with Gasteiger partial charge in [0.25, 0.3) is 10.0 Å². The minimum atomic E-state index is -3.73. The second-order valence-corrected chi connectivity index (χ2v) is 7.05. The van der Waals surface area contributed by atoms with E-state index in [2.05, 4.69) is 10.0 Å². The second kappa shape index (κ2) is 5.62. The third kappa shape index (κ3) is 2.93. The molecule has 0 saturated carbocycles. The molecular formula is C15H13ClN2O3S. The first kappa shape index (κ1) is 14.9. The molecule has 0 spiro atoms. The molecule has 0 saturated heterocycles. The van der Waals surface area contributed by atoms with E-state index in [4.69, 9.17) is 11.6 Å². The van der Waals surface area contributed by atoms with Gasteiger partial charge in [-0.05, 0) is 36.2 Å². The van der Waals surface area contributed by atoms with E-state index >= 15 is 0 Å². The van der Waals surface area contributed by atoms with Gasteiger partial charge in [-0.25, -0.2) is 8.42 Å². The van der Waals surface area contributed by atoms with Crippen LogP contribution in [0.5, 0.6) is 0 Å². The van der Waals surface area contributed by atoms with Crippen molar-refractivity contribution in [3.05, 3.63) is 53.1 Å². The van der Waals surface area contributed by atoms with Crippen molar-refractivity contribution in [2.24, 2.45) is 0 Å². The Morgan fingerprint density at radius 2 is 1.82 bits per heavy atom. The molecule has 0 aromatic heterocycles. The summed E-state index contributed by atoms with van der Waals surface area (Å²) in [6, 6.07) is 11.5. The van der Waals surface area contributed by atoms with Gasteiger partial charge in [0.05, 0.1) is 15.6 Å². The lowest BCUT2D eigenvalue weighted by Gasteiger charge is -2.19. The molecule has 7 heteroatoms. The molecular weight excluding hydrogens is 324 g/mol. The van der Waals surface area contributed by atoms with Gasteiger partial charge in [0.15, 0.2) is 0 Å². The number of hydrogen-bond donors (Lipinski definition) is 2. The summed E-state index contributed by atoms with van der Waals surface area (Å²) < 4.78 is 27.4. The summed E-state index contributed by atoms with van der Waals surface area (Å²) in [5, 5.41) is 2.89. The number of amides is 1. The molecule has 1 heterocycles. The Hall–Kier alpha value is -2.05. The number of nitrogens with one attached hydrogen (secondary N) is 2. The van der Waals surface area contributed by atoms with Gasteiger partial charge >= 0.3 is 0 Å². The number of carbonyl (C=O) groups excluding carboxylic acids is 1. The first-order valence-corrected chi connectivity index (χ1v) is 8.52. The SMILES string of the molecule is O=C1CCc2cc(S(=O)(=O)Nc3ccccc3)cc(Cl)c2N1. The van der Waals surface area contributed by atoms with Gasteiger partial charge < -0.3 is 5.32 Å². The number of carbonyl (C=O) groups is 1. The van der Waals surface area contributed by atoms with E-state index < -0.39 is 10.0 Å². The van der Waals surface area contributed by atoms with Crippen LogP contribution in [0.3, 0.4) is 0 Å². The van der Waals surface area contributed by atoms with Crippen molar-refractivity contribution < 1.29 is 13.2 Å². The molecule has 0 aliphatic carbocycles. The maximum Gasteiger partial charge on any atom is 0.261 e. The second-order valence-electron chi connectivity index (χ2n) is 4.96. The van der Waals surface area contributed by atoms with Gasteiger partial charge in [0.2, 0.25) is 5.91 Å². The predicted molar refractivity (Wildman–Crippen MR) is 85.7 cm³/mol. The highest BCUT2D eigenvalue weighted by Crippen LogP contribution is 2.33. The molecule has 0 bridgehead atoms. The monoisotopic (exact) mass is 336 g/mol. The van der Waals surface area contributed by atoms with Gasteiger partial charge in [0, 0.05) is 12.1 Å². The molecule has 1 aliphatic rings. The van der Waals surface area contributed by atoms with Crippen molar-refractivity contribution in [2.75, 3.05) is 10.0 Å². The molecule has 0 fully saturated rings. The standard InChI is InChI=1S/C15H13ClN2O3S/c16-13-9-12(8-10-6-7-14(19)17-15(10)13)22(20,21)18-11-4-2-1-3-5-11/h1-5,8-9,18H,6-7H2,(H,17,19). The average molecular weight is 337 g/mol. The van der Waals surface area contributed by atoms with Crippen LogP contribution < -0.4 is 10.0 Å². The summed E-state index contributed by atoms with van der Waals surface area (Å²) >= 11 is 6.11. The molecule has 2 aromatic carbocycles. The Morgan fingerprint density at radius 1 is 1.09 bits per heavy atom. The number of rotatable bonds is 3. The van der Waals surface area contributed by atoms with E-state index in [0.29, 0.717) is 24.2 Å². The first-order chi connectivity index (χ1) is 10.5. The van der Waals surface area contributed by atoms with Crippen molar-refractivity contribution >= 4 is 38.9 Å². The summed E-state index contributed by atoms with van der Waals surface area (Å²) in [5.41, 5.74) is 1.70. The smallest absolute Gasteiger partial charge is 0.261 e. The quantitative estimate of drug-likeness (QED) is 0.904. The highest BCUT2D eigenvalue weighted by molar-refractivity contribution is 7.92. The number of fused-ring (bicyclic) bond motifs is 1. The largest absolute Gasteiger partial charge is 0.325 e. The maximum absolute atomic E-state index is 12.4. The Morgan fingerprint density at radius 3 is 2.55 bits per heavy atom. The zero-order chi connectivity index (χ0) is 15.7. The maximum atomic E-state index is 12.4. The highest BCUT2D eigenvalue weighted by Gasteiger charge is 2.22. The number of benzene rings is 2. The van der Waals surface area contributed by atoms with Crippen LogP contribution >= 0.6 is 11.6 Å². The van der Waals surface area contributed by atoms with Crippen LogP contribution in [0.1, 0.15) is 12.0 Å². The molecule has 22 heavy (non-hydrogen) atoms. The lowest BCUT2D eigenvalue weighted by molar-refractivity contribution is -0.116. The van der Waals surface area contributed by atoms with Gasteiger partial charge in [-0.2, -0.15) is 0 Å². The Bertz CT molecular complexity index is 835. The molecule has 2 N–H and O–H groups in total. The van der Waals surface area contributed by atoms with Gasteiger partial charge in [-0.3, -0.25) is 9.52 Å². The fourth-order valence-electron chi connectivity index (χ4n) is 2.30. The molecule has 1 amide bonds. The van der Waals surface area contributed by atoms with Crippen LogP contribution in [0.4, 0.5) is 11.4 Å². The summed E-state index contributed by atoms with van der Waals surface area (Å²) in [4.78, 5) is 11.5. The predicted octanol–water partition coefficient (Wildman–Crippen LogP) is 3.03. The van der Waals surface area contributed by atoms with Crippen molar-refractivity contribution in [3.8, 4) is 0 Å². The molecule has 114 valence electrons. The van der Waals surface area contributed by atoms with Gasteiger partial charge in [0.1, 0.15) is 0 Å². The van der Waals surface area contributed by atoms with E-state index in [-0.39, 0.29) is 15.8 Å². The minimum absolute atomic E-state index is 0.0799. The number of para-hydroxylation sites is 1. The zero-order valence-corrected chi connectivity index (χ0v) is 13.0. The van der Waals surface area contributed by atoms with Crippen molar-refractivity contribution in [3.63, 3.8) is 0 Å². The van der Waals surface area contributed by atoms with E-state index in [1.165, 1.54) is 6.07 Å². The van der Waals surface area contributed by atoms with Crippen LogP contribution in [0, 0.1) is 0 Å². The number of aryl methyl sites for hydroxylation is 1. The highest BCUT2D eigenvalue weighted by atomic mass is 35.5. The number of halogens is 1. The van der Waals surface area contributed by atoms with E-state index in [9.17, 15) is 13.2 Å². The molecule has 0 radical (unpaired) electrons. The molecule has 2 aromatic rings. The zero-order valence-electron chi connectivity index (χ0n) is 11.5. The van der Waals surface area contributed by atoms with Crippen molar-refractivity contribution in [2.45, 2.75) is 17.7 Å². The lowest BCUT2D eigenvalue weighted by atomic mass is 10.0. The molecule has 0 atom stereocenters. The third-order valence-corrected chi connectivity index (χ3v) is 5.03. The van der Waals surface area contributed by atoms with Crippen LogP contribution in [0.25, 0.3) is 0 Å². The third-order valence-electron chi connectivity index (χ3n) is 3.37. The average Bonchev–Trinajstić information content (AvgIpc) is 2.48. The molecule has 1 aliphatic heterocycles. The van der Waals surface area contributed by atoms with Crippen LogP contribution in [0.2, 0.25) is 5.02 Å². The van der Waals surface area contributed by atoms with Crippen LogP contribution in [0.15, 0.2) is 47.4 Å². The lowest BCUT2D eigenvalue weighted by Crippen LogP contribution is -2.20. The topological polar surface area (TPSA) is 75.3 Å². The van der Waals surface area contributed by atoms with E-state index in [1.807, 2.05) is 0 Å². The number of sulfonamides is 1. The summed E-state index contributed by atoms with van der Waals surface area (Å²) in [5.74, 6) is -0.118. The molecule has 0 unspecified atom stereocenters. The summed E-state index contributed by atoms with van der Waals surface area (Å²) in [7, 11) is -3.73.